The largest absolute Gasteiger partial charge is 0.452 e. The first kappa shape index (κ1) is 37.4. The van der Waals surface area contributed by atoms with Gasteiger partial charge in [0.2, 0.25) is 0 Å². The molecule has 10 nitrogen and oxygen atoms in total. The number of benzene rings is 4. The summed E-state index contributed by atoms with van der Waals surface area (Å²) < 4.78 is 131. The molecule has 1 fully saturated rings. The van der Waals surface area contributed by atoms with E-state index < -0.39 is 129 Å². The van der Waals surface area contributed by atoms with E-state index in [2.05, 4.69) is 0 Å². The van der Waals surface area contributed by atoms with Crippen LogP contribution in [0.5, 0.6) is 0 Å². The monoisotopic (exact) mass is 740 g/mol. The number of hydrogen-bond acceptors (Lipinski definition) is 10. The molecular formula is C34H20F8O10. The molecule has 0 unspecified atom stereocenters. The first-order valence-electron chi connectivity index (χ1n) is 14.6. The minimum absolute atomic E-state index is 0.344. The summed E-state index contributed by atoms with van der Waals surface area (Å²) in [5.74, 6) is -18.2. The van der Waals surface area contributed by atoms with Crippen molar-refractivity contribution in [3.63, 3.8) is 0 Å². The van der Waals surface area contributed by atoms with Crippen LogP contribution in [0.2, 0.25) is 0 Å². The molecule has 2 N–H and O–H groups in total. The number of carbonyl (C=O) groups excluding carboxylic acids is 4. The number of hydrogen-bond donors (Lipinski definition) is 2. The van der Waals surface area contributed by atoms with Crippen LogP contribution < -0.4 is 0 Å². The Labute approximate surface area is 285 Å². The topological polar surface area (TPSA) is 146 Å². The van der Waals surface area contributed by atoms with Crippen molar-refractivity contribution < 1.29 is 83.5 Å². The zero-order valence-corrected chi connectivity index (χ0v) is 25.6. The third-order valence-electron chi connectivity index (χ3n) is 7.59. The third kappa shape index (κ3) is 7.87. The molecule has 0 heterocycles. The van der Waals surface area contributed by atoms with Gasteiger partial charge in [-0.15, -0.1) is 0 Å². The predicted octanol–water partition coefficient (Wildman–Crippen LogP) is 4.74. The van der Waals surface area contributed by atoms with Crippen LogP contribution >= 0.6 is 0 Å². The molecule has 52 heavy (non-hydrogen) atoms. The van der Waals surface area contributed by atoms with Crippen molar-refractivity contribution >= 4 is 23.9 Å². The molecule has 0 bridgehead atoms. The average molecular weight is 741 g/mol. The highest BCUT2D eigenvalue weighted by Gasteiger charge is 2.57. The zero-order chi connectivity index (χ0) is 38.0. The zero-order valence-electron chi connectivity index (χ0n) is 25.6. The molecule has 4 aromatic carbocycles. The SMILES string of the molecule is O=C(O[C@@H]1[C@H](OC(=O)c2ccc(F)c(F)c2)[C@@H](OC(=O)c2ccc(F)c(F)c2)[C@H](O)[C@H](O)[C@H]1OC(=O)c1ccc(F)c(F)c1)c1ccc(F)c(F)c1. The maximum Gasteiger partial charge on any atom is 0.338 e. The molecule has 0 radical (unpaired) electrons. The number of rotatable bonds is 8. The van der Waals surface area contributed by atoms with Crippen LogP contribution in [0.25, 0.3) is 0 Å². The quantitative estimate of drug-likeness (QED) is 0.148. The number of esters is 4. The van der Waals surface area contributed by atoms with Crippen LogP contribution in [0.15, 0.2) is 72.8 Å². The van der Waals surface area contributed by atoms with Gasteiger partial charge in [-0.1, -0.05) is 0 Å². The molecule has 4 aromatic rings. The van der Waals surface area contributed by atoms with Crippen LogP contribution in [-0.2, 0) is 18.9 Å². The summed E-state index contributed by atoms with van der Waals surface area (Å²) in [6, 6.07) is 6.30. The van der Waals surface area contributed by atoms with Gasteiger partial charge in [0, 0.05) is 0 Å². The number of aliphatic hydroxyl groups excluding tert-OH is 2. The summed E-state index contributed by atoms with van der Waals surface area (Å²) in [6.07, 6.45) is -14.7. The molecule has 1 aliphatic rings. The van der Waals surface area contributed by atoms with Gasteiger partial charge in [0.1, 0.15) is 12.2 Å². The molecule has 6 atom stereocenters. The van der Waals surface area contributed by atoms with Crippen molar-refractivity contribution in [2.24, 2.45) is 0 Å². The molecule has 5 rings (SSSR count). The van der Waals surface area contributed by atoms with E-state index in [4.69, 9.17) is 18.9 Å². The second-order valence-corrected chi connectivity index (χ2v) is 11.0. The Morgan fingerprint density at radius 3 is 0.788 bits per heavy atom. The normalized spacial score (nSPS) is 21.2. The van der Waals surface area contributed by atoms with Gasteiger partial charge < -0.3 is 29.2 Å². The van der Waals surface area contributed by atoms with E-state index in [1.165, 1.54) is 0 Å². The van der Waals surface area contributed by atoms with E-state index >= 15 is 0 Å². The lowest BCUT2D eigenvalue weighted by atomic mass is 9.84. The van der Waals surface area contributed by atoms with Gasteiger partial charge in [0.25, 0.3) is 0 Å². The van der Waals surface area contributed by atoms with Crippen molar-refractivity contribution in [3.8, 4) is 0 Å². The molecule has 0 amide bonds. The van der Waals surface area contributed by atoms with E-state index in [9.17, 15) is 64.5 Å². The van der Waals surface area contributed by atoms with Gasteiger partial charge in [-0.25, -0.2) is 54.3 Å². The van der Waals surface area contributed by atoms with Crippen molar-refractivity contribution in [1.29, 1.82) is 0 Å². The van der Waals surface area contributed by atoms with Crippen molar-refractivity contribution in [2.45, 2.75) is 36.6 Å². The summed E-state index contributed by atoms with van der Waals surface area (Å²) >= 11 is 0. The highest BCUT2D eigenvalue weighted by molar-refractivity contribution is 5.92. The highest BCUT2D eigenvalue weighted by atomic mass is 19.2. The Morgan fingerprint density at radius 1 is 0.365 bits per heavy atom. The van der Waals surface area contributed by atoms with E-state index in [0.717, 1.165) is 12.1 Å². The molecule has 272 valence electrons. The summed E-state index contributed by atoms with van der Waals surface area (Å²) in [5.41, 5.74) is -2.92. The molecule has 1 saturated carbocycles. The van der Waals surface area contributed by atoms with E-state index in [-0.39, 0.29) is 0 Å². The summed E-state index contributed by atoms with van der Waals surface area (Å²) in [5, 5.41) is 22.3. The van der Waals surface area contributed by atoms with Gasteiger partial charge in [0.05, 0.1) is 22.3 Å². The first-order valence-corrected chi connectivity index (χ1v) is 14.6. The van der Waals surface area contributed by atoms with Crippen LogP contribution in [-0.4, -0.2) is 70.7 Å². The van der Waals surface area contributed by atoms with E-state index in [1.54, 1.807) is 0 Å². The molecular weight excluding hydrogens is 720 g/mol. The lowest BCUT2D eigenvalue weighted by molar-refractivity contribution is -0.223. The van der Waals surface area contributed by atoms with Crippen LogP contribution in [0.4, 0.5) is 35.1 Å². The molecule has 0 aromatic heterocycles. The first-order chi connectivity index (χ1) is 24.5. The Bertz CT molecular complexity index is 1920. The standard InChI is InChI=1S/C34H20F8O10/c35-17-5-1-13(9-21(17)39)31(45)49-27-25(43)26(44)28(50-32(46)14-2-6-18(36)22(40)10-14)30(52-34(48)16-4-8-20(38)24(42)12-16)29(27)51-33(47)15-3-7-19(37)23(41)11-15/h1-12,25-30,43-44H/t25-,26+,27+,28-,29-,30+. The molecule has 0 spiro atoms. The second kappa shape index (κ2) is 15.2. The average Bonchev–Trinajstić information content (AvgIpc) is 3.11. The lowest BCUT2D eigenvalue weighted by Crippen LogP contribution is -2.67. The fourth-order valence-electron chi connectivity index (χ4n) is 4.95. The number of carbonyl (C=O) groups is 4. The number of ether oxygens (including phenoxy) is 4. The fourth-order valence-corrected chi connectivity index (χ4v) is 4.95. The van der Waals surface area contributed by atoms with Gasteiger partial charge in [-0.3, -0.25) is 0 Å². The molecule has 18 heteroatoms. The number of aliphatic hydroxyl groups is 2. The highest BCUT2D eigenvalue weighted by Crippen LogP contribution is 2.33. The summed E-state index contributed by atoms with van der Waals surface area (Å²) in [4.78, 5) is 52.6. The van der Waals surface area contributed by atoms with Crippen LogP contribution in [0.1, 0.15) is 41.4 Å². The lowest BCUT2D eigenvalue weighted by Gasteiger charge is -2.45. The number of halogens is 8. The van der Waals surface area contributed by atoms with Crippen molar-refractivity contribution in [2.75, 3.05) is 0 Å². The Hall–Kier alpha value is -5.88. The van der Waals surface area contributed by atoms with Gasteiger partial charge in [-0.2, -0.15) is 0 Å². The fraction of sp³-hybridized carbons (Fsp3) is 0.176. The van der Waals surface area contributed by atoms with E-state index in [1.807, 2.05) is 0 Å². The van der Waals surface area contributed by atoms with Crippen molar-refractivity contribution in [3.05, 3.63) is 142 Å². The molecule has 1 aliphatic carbocycles. The van der Waals surface area contributed by atoms with Gasteiger partial charge >= 0.3 is 23.9 Å². The van der Waals surface area contributed by atoms with Crippen LogP contribution in [0, 0.1) is 46.5 Å². The Balaban J connectivity index is 1.60. The Morgan fingerprint density at radius 2 is 0.577 bits per heavy atom. The minimum atomic E-state index is -2.50. The third-order valence-corrected chi connectivity index (χ3v) is 7.59. The summed E-state index contributed by atoms with van der Waals surface area (Å²) in [6.45, 7) is 0. The van der Waals surface area contributed by atoms with E-state index in [0.29, 0.717) is 60.7 Å². The summed E-state index contributed by atoms with van der Waals surface area (Å²) in [7, 11) is 0. The minimum Gasteiger partial charge on any atom is -0.452 e. The second-order valence-electron chi connectivity index (χ2n) is 11.0. The van der Waals surface area contributed by atoms with Crippen LogP contribution in [0.3, 0.4) is 0 Å². The maximum atomic E-state index is 14.0. The van der Waals surface area contributed by atoms with Gasteiger partial charge in [0.15, 0.2) is 71.0 Å². The maximum absolute atomic E-state index is 14.0. The Kier molecular flexibility index (Phi) is 10.9. The van der Waals surface area contributed by atoms with Crippen molar-refractivity contribution in [1.82, 2.24) is 0 Å². The smallest absolute Gasteiger partial charge is 0.338 e. The molecule has 0 aliphatic heterocycles. The predicted molar refractivity (Wildman–Crippen MR) is 154 cm³/mol. The molecule has 0 saturated heterocycles. The van der Waals surface area contributed by atoms with Gasteiger partial charge in [-0.05, 0) is 72.8 Å².